The molecule has 0 fully saturated rings. The number of hydrogen-bond acceptors (Lipinski definition) is 3. The monoisotopic (exact) mass is 177 g/mol. The highest BCUT2D eigenvalue weighted by Gasteiger charge is 2.01. The van der Waals surface area contributed by atoms with Gasteiger partial charge in [-0.05, 0) is 12.2 Å². The summed E-state index contributed by atoms with van der Waals surface area (Å²) in [4.78, 5) is 14.8. The molecule has 3 heteroatoms. The van der Waals surface area contributed by atoms with Crippen LogP contribution in [0.5, 0.6) is 0 Å². The summed E-state index contributed by atoms with van der Waals surface area (Å²) in [6, 6.07) is 8.99. The Kier molecular flexibility index (Phi) is 3.33. The van der Waals surface area contributed by atoms with Crippen LogP contribution >= 0.6 is 12.2 Å². The van der Waals surface area contributed by atoms with Crippen LogP contribution in [0.15, 0.2) is 35.3 Å². The highest BCUT2D eigenvalue weighted by Crippen LogP contribution is 1.99. The quantitative estimate of drug-likeness (QED) is 0.401. The van der Waals surface area contributed by atoms with E-state index in [1.54, 1.807) is 12.1 Å². The van der Waals surface area contributed by atoms with Crippen LogP contribution in [-0.4, -0.2) is 17.5 Å². The Morgan fingerprint density at radius 3 is 2.67 bits per heavy atom. The van der Waals surface area contributed by atoms with Gasteiger partial charge in [0.1, 0.15) is 6.54 Å². The minimum atomic E-state index is -0.0343. The van der Waals surface area contributed by atoms with E-state index in [9.17, 15) is 4.79 Å². The molecular weight excluding hydrogens is 170 g/mol. The summed E-state index contributed by atoms with van der Waals surface area (Å²) in [5.41, 5.74) is 0.659. The van der Waals surface area contributed by atoms with Crippen molar-refractivity contribution in [2.75, 3.05) is 6.54 Å². The Balaban J connectivity index is 2.72. The average Bonchev–Trinajstić information content (AvgIpc) is 2.15. The molecule has 0 heterocycles. The summed E-state index contributed by atoms with van der Waals surface area (Å²) in [6.45, 7) is 0.0908. The fourth-order valence-corrected chi connectivity index (χ4v) is 0.884. The third kappa shape index (κ3) is 2.38. The number of carbonyl (C=O) groups is 1. The molecule has 0 aliphatic carbocycles. The molecule has 0 unspecified atom stereocenters. The van der Waals surface area contributed by atoms with Crippen molar-refractivity contribution in [3.8, 4) is 0 Å². The summed E-state index contributed by atoms with van der Waals surface area (Å²) in [5, 5.41) is 2.16. The lowest BCUT2D eigenvalue weighted by Gasteiger charge is -1.93. The minimum absolute atomic E-state index is 0.0343. The third-order valence-electron chi connectivity index (χ3n) is 1.38. The lowest BCUT2D eigenvalue weighted by Crippen LogP contribution is -2.01. The molecule has 60 valence electrons. The minimum Gasteiger partial charge on any atom is -0.292 e. The summed E-state index contributed by atoms with van der Waals surface area (Å²) in [6.07, 6.45) is 0. The predicted molar refractivity (Wildman–Crippen MR) is 50.7 cm³/mol. The Morgan fingerprint density at radius 1 is 1.42 bits per heavy atom. The molecule has 0 bridgehead atoms. The van der Waals surface area contributed by atoms with Gasteiger partial charge in [-0.1, -0.05) is 30.3 Å². The van der Waals surface area contributed by atoms with Crippen LogP contribution in [0.1, 0.15) is 10.4 Å². The van der Waals surface area contributed by atoms with Crippen molar-refractivity contribution in [1.29, 1.82) is 0 Å². The number of hydrogen-bond donors (Lipinski definition) is 0. The van der Waals surface area contributed by atoms with Gasteiger partial charge in [0.2, 0.25) is 0 Å². The van der Waals surface area contributed by atoms with E-state index in [-0.39, 0.29) is 12.3 Å². The Hall–Kier alpha value is -1.31. The molecule has 1 rings (SSSR count). The van der Waals surface area contributed by atoms with E-state index in [1.165, 1.54) is 0 Å². The van der Waals surface area contributed by atoms with Gasteiger partial charge in [-0.3, -0.25) is 4.79 Å². The van der Waals surface area contributed by atoms with Gasteiger partial charge < -0.3 is 0 Å². The molecule has 0 saturated heterocycles. The zero-order chi connectivity index (χ0) is 8.81. The molecular formula is C9H7NOS. The summed E-state index contributed by atoms with van der Waals surface area (Å²) >= 11 is 4.35. The number of ketones is 1. The van der Waals surface area contributed by atoms with E-state index in [2.05, 4.69) is 22.4 Å². The molecule has 0 aromatic heterocycles. The first kappa shape index (κ1) is 8.78. The molecule has 0 aliphatic heterocycles. The smallest absolute Gasteiger partial charge is 0.185 e. The van der Waals surface area contributed by atoms with Gasteiger partial charge in [-0.2, -0.15) is 0 Å². The number of benzene rings is 1. The molecule has 0 spiro atoms. The maximum atomic E-state index is 11.2. The summed E-state index contributed by atoms with van der Waals surface area (Å²) in [7, 11) is 0. The van der Waals surface area contributed by atoms with E-state index in [0.717, 1.165) is 0 Å². The van der Waals surface area contributed by atoms with Gasteiger partial charge in [-0.25, -0.2) is 4.99 Å². The first-order valence-corrected chi connectivity index (χ1v) is 3.87. The van der Waals surface area contributed by atoms with Crippen molar-refractivity contribution in [2.45, 2.75) is 0 Å². The zero-order valence-electron chi connectivity index (χ0n) is 6.36. The van der Waals surface area contributed by atoms with Gasteiger partial charge in [0.15, 0.2) is 5.78 Å². The molecule has 1 aromatic rings. The van der Waals surface area contributed by atoms with Crippen LogP contribution in [0.25, 0.3) is 0 Å². The molecule has 0 saturated carbocycles. The maximum absolute atomic E-state index is 11.2. The SMILES string of the molecule is O=C(CN=C=S)c1ccccc1. The molecule has 0 radical (unpaired) electrons. The third-order valence-corrected chi connectivity index (χ3v) is 1.51. The summed E-state index contributed by atoms with van der Waals surface area (Å²) < 4.78 is 0. The van der Waals surface area contributed by atoms with Gasteiger partial charge in [0.05, 0.1) is 5.16 Å². The molecule has 0 N–H and O–H groups in total. The van der Waals surface area contributed by atoms with Crippen molar-refractivity contribution >= 4 is 23.2 Å². The van der Waals surface area contributed by atoms with Crippen molar-refractivity contribution < 1.29 is 4.79 Å². The van der Waals surface area contributed by atoms with Crippen LogP contribution in [0, 0.1) is 0 Å². The van der Waals surface area contributed by atoms with E-state index < -0.39 is 0 Å². The number of thiocarbonyl (C=S) groups is 1. The van der Waals surface area contributed by atoms with Crippen LogP contribution in [0.2, 0.25) is 0 Å². The van der Waals surface area contributed by atoms with Crippen LogP contribution in [0.4, 0.5) is 0 Å². The number of nitrogens with zero attached hydrogens (tertiary/aromatic N) is 1. The number of aliphatic imine (C=N–C) groups is 1. The Labute approximate surface area is 75.9 Å². The number of Topliss-reactive ketones (excluding diaryl/α,β-unsaturated/α-hetero) is 1. The van der Waals surface area contributed by atoms with Gasteiger partial charge >= 0.3 is 0 Å². The van der Waals surface area contributed by atoms with E-state index >= 15 is 0 Å². The van der Waals surface area contributed by atoms with E-state index in [1.807, 2.05) is 18.2 Å². The van der Waals surface area contributed by atoms with Gasteiger partial charge in [-0.15, -0.1) is 0 Å². The van der Waals surface area contributed by atoms with Crippen molar-refractivity contribution in [1.82, 2.24) is 0 Å². The fourth-order valence-electron chi connectivity index (χ4n) is 0.819. The summed E-state index contributed by atoms with van der Waals surface area (Å²) in [5.74, 6) is -0.0343. The first-order valence-electron chi connectivity index (χ1n) is 3.46. The maximum Gasteiger partial charge on any atom is 0.185 e. The second kappa shape index (κ2) is 4.54. The van der Waals surface area contributed by atoms with Gasteiger partial charge in [0.25, 0.3) is 0 Å². The number of carbonyl (C=O) groups excluding carboxylic acids is 1. The van der Waals surface area contributed by atoms with E-state index in [4.69, 9.17) is 0 Å². The van der Waals surface area contributed by atoms with Crippen LogP contribution in [0.3, 0.4) is 0 Å². The highest BCUT2D eigenvalue weighted by atomic mass is 32.1. The molecule has 0 aliphatic rings. The molecule has 0 atom stereocenters. The molecule has 2 nitrogen and oxygen atoms in total. The predicted octanol–water partition coefficient (Wildman–Crippen LogP) is 1.97. The van der Waals surface area contributed by atoms with Crippen molar-refractivity contribution in [3.05, 3.63) is 35.9 Å². The van der Waals surface area contributed by atoms with E-state index in [0.29, 0.717) is 5.56 Å². The highest BCUT2D eigenvalue weighted by molar-refractivity contribution is 7.78. The molecule has 12 heavy (non-hydrogen) atoms. The first-order chi connectivity index (χ1) is 5.84. The topological polar surface area (TPSA) is 29.4 Å². The normalized spacial score (nSPS) is 8.67. The Bertz CT molecular complexity index is 315. The average molecular weight is 177 g/mol. The van der Waals surface area contributed by atoms with Gasteiger partial charge in [0, 0.05) is 5.56 Å². The second-order valence-electron chi connectivity index (χ2n) is 2.20. The number of rotatable bonds is 3. The van der Waals surface area contributed by atoms with Crippen molar-refractivity contribution in [2.24, 2.45) is 4.99 Å². The standard InChI is InChI=1S/C9H7NOS/c11-9(6-10-7-12)8-4-2-1-3-5-8/h1-5H,6H2. The largest absolute Gasteiger partial charge is 0.292 e. The Morgan fingerprint density at radius 2 is 2.08 bits per heavy atom. The number of isothiocyanates is 1. The van der Waals surface area contributed by atoms with Crippen LogP contribution < -0.4 is 0 Å². The molecule has 1 aromatic carbocycles. The van der Waals surface area contributed by atoms with Crippen LogP contribution in [-0.2, 0) is 0 Å². The lowest BCUT2D eigenvalue weighted by atomic mass is 10.1. The second-order valence-corrected chi connectivity index (χ2v) is 2.38. The zero-order valence-corrected chi connectivity index (χ0v) is 7.17. The van der Waals surface area contributed by atoms with Crippen molar-refractivity contribution in [3.63, 3.8) is 0 Å². The fraction of sp³-hybridized carbons (Fsp3) is 0.111. The molecule has 0 amide bonds. The lowest BCUT2D eigenvalue weighted by molar-refractivity contribution is 0.100.